The van der Waals surface area contributed by atoms with Gasteiger partial charge in [0, 0.05) is 19.2 Å². The first kappa shape index (κ1) is 12.5. The quantitative estimate of drug-likeness (QED) is 0.818. The SMILES string of the molecule is CCC1CCN(c2cc(F)c(Cl)cc2N)CC1. The van der Waals surface area contributed by atoms with E-state index in [1.165, 1.54) is 18.6 Å². The molecule has 17 heavy (non-hydrogen) atoms. The van der Waals surface area contributed by atoms with Crippen molar-refractivity contribution in [3.8, 4) is 0 Å². The Hall–Kier alpha value is -0.960. The van der Waals surface area contributed by atoms with E-state index in [1.54, 1.807) is 0 Å². The van der Waals surface area contributed by atoms with Crippen molar-refractivity contribution in [2.45, 2.75) is 26.2 Å². The van der Waals surface area contributed by atoms with Gasteiger partial charge in [0.25, 0.3) is 0 Å². The minimum Gasteiger partial charge on any atom is -0.397 e. The summed E-state index contributed by atoms with van der Waals surface area (Å²) in [5.41, 5.74) is 7.24. The minimum absolute atomic E-state index is 0.0923. The lowest BCUT2D eigenvalue weighted by Crippen LogP contribution is -2.34. The van der Waals surface area contributed by atoms with Gasteiger partial charge in [0.15, 0.2) is 0 Å². The summed E-state index contributed by atoms with van der Waals surface area (Å²) in [6.45, 7) is 4.12. The number of nitrogen functional groups attached to an aromatic ring is 1. The molecule has 0 saturated carbocycles. The van der Waals surface area contributed by atoms with Gasteiger partial charge in [-0.05, 0) is 24.8 Å². The molecule has 1 fully saturated rings. The van der Waals surface area contributed by atoms with Gasteiger partial charge < -0.3 is 10.6 Å². The van der Waals surface area contributed by atoms with Gasteiger partial charge in [0.05, 0.1) is 16.4 Å². The lowest BCUT2D eigenvalue weighted by atomic mass is 9.94. The summed E-state index contributed by atoms with van der Waals surface area (Å²) in [5.74, 6) is 0.401. The lowest BCUT2D eigenvalue weighted by Gasteiger charge is -2.34. The number of hydrogen-bond donors (Lipinski definition) is 1. The molecule has 1 heterocycles. The zero-order valence-corrected chi connectivity index (χ0v) is 10.8. The Balaban J connectivity index is 2.16. The summed E-state index contributed by atoms with van der Waals surface area (Å²) in [6, 6.07) is 2.95. The van der Waals surface area contributed by atoms with E-state index in [0.29, 0.717) is 5.69 Å². The molecule has 0 spiro atoms. The van der Waals surface area contributed by atoms with Crippen LogP contribution in [0.1, 0.15) is 26.2 Å². The predicted octanol–water partition coefficient (Wildman–Crippen LogP) is 3.69. The van der Waals surface area contributed by atoms with E-state index in [-0.39, 0.29) is 5.02 Å². The van der Waals surface area contributed by atoms with Crippen molar-refractivity contribution in [3.05, 3.63) is 23.0 Å². The highest BCUT2D eigenvalue weighted by molar-refractivity contribution is 6.31. The molecule has 0 radical (unpaired) electrons. The van der Waals surface area contributed by atoms with E-state index < -0.39 is 5.82 Å². The number of benzene rings is 1. The van der Waals surface area contributed by atoms with Crippen molar-refractivity contribution < 1.29 is 4.39 Å². The summed E-state index contributed by atoms with van der Waals surface area (Å²) >= 11 is 5.70. The van der Waals surface area contributed by atoms with Crippen LogP contribution in [0.5, 0.6) is 0 Å². The Labute approximate surface area is 107 Å². The maximum Gasteiger partial charge on any atom is 0.144 e. The van der Waals surface area contributed by atoms with Crippen molar-refractivity contribution in [2.75, 3.05) is 23.7 Å². The second kappa shape index (κ2) is 5.13. The summed E-state index contributed by atoms with van der Waals surface area (Å²) in [6.07, 6.45) is 3.53. The van der Waals surface area contributed by atoms with Crippen LogP contribution in [-0.4, -0.2) is 13.1 Å². The summed E-state index contributed by atoms with van der Waals surface area (Å²) in [4.78, 5) is 2.15. The van der Waals surface area contributed by atoms with Crippen molar-refractivity contribution in [1.82, 2.24) is 0 Å². The van der Waals surface area contributed by atoms with Crippen LogP contribution in [-0.2, 0) is 0 Å². The predicted molar refractivity (Wildman–Crippen MR) is 71.1 cm³/mol. The zero-order chi connectivity index (χ0) is 12.4. The first-order valence-corrected chi connectivity index (χ1v) is 6.49. The minimum atomic E-state index is -0.395. The van der Waals surface area contributed by atoms with Gasteiger partial charge in [-0.25, -0.2) is 4.39 Å². The van der Waals surface area contributed by atoms with Crippen LogP contribution < -0.4 is 10.6 Å². The Morgan fingerprint density at radius 3 is 2.65 bits per heavy atom. The molecule has 0 amide bonds. The van der Waals surface area contributed by atoms with E-state index >= 15 is 0 Å². The fourth-order valence-corrected chi connectivity index (χ4v) is 2.58. The Bertz CT molecular complexity index is 401. The number of nitrogens with zero attached hydrogens (tertiary/aromatic N) is 1. The third-order valence-corrected chi connectivity index (χ3v) is 3.89. The van der Waals surface area contributed by atoms with Gasteiger partial charge in [0.1, 0.15) is 5.82 Å². The molecule has 4 heteroatoms. The largest absolute Gasteiger partial charge is 0.397 e. The number of nitrogens with two attached hydrogens (primary N) is 1. The van der Waals surface area contributed by atoms with Crippen molar-refractivity contribution in [3.63, 3.8) is 0 Å². The highest BCUT2D eigenvalue weighted by atomic mass is 35.5. The molecule has 2 nitrogen and oxygen atoms in total. The maximum absolute atomic E-state index is 13.4. The van der Waals surface area contributed by atoms with Gasteiger partial charge in [-0.1, -0.05) is 24.9 Å². The standard InChI is InChI=1S/C13H18ClFN2/c1-2-9-3-5-17(6-4-9)13-8-11(15)10(14)7-12(13)16/h7-9H,2-6,16H2,1H3. The average molecular weight is 257 g/mol. The monoisotopic (exact) mass is 256 g/mol. The van der Waals surface area contributed by atoms with Crippen LogP contribution in [0.15, 0.2) is 12.1 Å². The molecule has 1 aliphatic heterocycles. The summed E-state index contributed by atoms with van der Waals surface area (Å²) in [7, 11) is 0. The normalized spacial score (nSPS) is 17.5. The first-order valence-electron chi connectivity index (χ1n) is 6.11. The van der Waals surface area contributed by atoms with E-state index in [2.05, 4.69) is 11.8 Å². The molecular weight excluding hydrogens is 239 g/mol. The fourth-order valence-electron chi connectivity index (χ4n) is 2.41. The second-order valence-electron chi connectivity index (χ2n) is 4.66. The third kappa shape index (κ3) is 2.65. The van der Waals surface area contributed by atoms with Gasteiger partial charge in [0.2, 0.25) is 0 Å². The first-order chi connectivity index (χ1) is 8.11. The highest BCUT2D eigenvalue weighted by Crippen LogP contribution is 2.32. The Morgan fingerprint density at radius 1 is 1.41 bits per heavy atom. The van der Waals surface area contributed by atoms with E-state index in [4.69, 9.17) is 17.3 Å². The second-order valence-corrected chi connectivity index (χ2v) is 5.07. The lowest BCUT2D eigenvalue weighted by molar-refractivity contribution is 0.395. The van der Waals surface area contributed by atoms with E-state index in [1.807, 2.05) is 0 Å². The molecule has 0 aromatic heterocycles. The van der Waals surface area contributed by atoms with E-state index in [9.17, 15) is 4.39 Å². The van der Waals surface area contributed by atoms with Gasteiger partial charge in [-0.15, -0.1) is 0 Å². The number of piperidine rings is 1. The Morgan fingerprint density at radius 2 is 2.06 bits per heavy atom. The average Bonchev–Trinajstić information content (AvgIpc) is 2.34. The van der Waals surface area contributed by atoms with Gasteiger partial charge in [-0.3, -0.25) is 0 Å². The molecule has 2 N–H and O–H groups in total. The van der Waals surface area contributed by atoms with Crippen LogP contribution in [0.25, 0.3) is 0 Å². The Kier molecular flexibility index (Phi) is 3.77. The van der Waals surface area contributed by atoms with Crippen molar-refractivity contribution in [1.29, 1.82) is 0 Å². The molecular formula is C13H18ClFN2. The van der Waals surface area contributed by atoms with Crippen LogP contribution in [0.4, 0.5) is 15.8 Å². The molecule has 1 aromatic rings. The summed E-state index contributed by atoms with van der Waals surface area (Å²) < 4.78 is 13.4. The van der Waals surface area contributed by atoms with Gasteiger partial charge in [-0.2, -0.15) is 0 Å². The van der Waals surface area contributed by atoms with Crippen molar-refractivity contribution in [2.24, 2.45) is 5.92 Å². The molecule has 2 rings (SSSR count). The molecule has 0 unspecified atom stereocenters. The van der Waals surface area contributed by atoms with Crippen molar-refractivity contribution >= 4 is 23.0 Å². The van der Waals surface area contributed by atoms with Crippen LogP contribution >= 0.6 is 11.6 Å². The third-order valence-electron chi connectivity index (χ3n) is 3.60. The molecule has 1 aromatic carbocycles. The fraction of sp³-hybridized carbons (Fsp3) is 0.538. The number of anilines is 2. The highest BCUT2D eigenvalue weighted by Gasteiger charge is 2.20. The van der Waals surface area contributed by atoms with Crippen LogP contribution in [0.2, 0.25) is 5.02 Å². The zero-order valence-electron chi connectivity index (χ0n) is 10.0. The van der Waals surface area contributed by atoms with Crippen LogP contribution in [0, 0.1) is 11.7 Å². The smallest absolute Gasteiger partial charge is 0.144 e. The molecule has 0 bridgehead atoms. The van der Waals surface area contributed by atoms with Crippen LogP contribution in [0.3, 0.4) is 0 Å². The van der Waals surface area contributed by atoms with Gasteiger partial charge >= 0.3 is 0 Å². The molecule has 0 aliphatic carbocycles. The summed E-state index contributed by atoms with van der Waals surface area (Å²) in [5, 5.41) is 0.0923. The topological polar surface area (TPSA) is 29.3 Å². The van der Waals surface area contributed by atoms with E-state index in [0.717, 1.165) is 37.5 Å². The maximum atomic E-state index is 13.4. The number of halogens is 2. The molecule has 0 atom stereocenters. The molecule has 94 valence electrons. The molecule has 1 aliphatic rings. The molecule has 1 saturated heterocycles. The number of rotatable bonds is 2. The number of hydrogen-bond acceptors (Lipinski definition) is 2.